The number of anilines is 1. The van der Waals surface area contributed by atoms with Crippen LogP contribution >= 0.6 is 0 Å². The normalized spacial score (nSPS) is 12.3. The number of aromatic nitrogens is 2. The Morgan fingerprint density at radius 2 is 2.05 bits per heavy atom. The van der Waals surface area contributed by atoms with E-state index in [1.807, 2.05) is 26.0 Å². The third kappa shape index (κ3) is 2.89. The molecule has 2 N–H and O–H groups in total. The van der Waals surface area contributed by atoms with E-state index in [1.165, 1.54) is 0 Å². The highest BCUT2D eigenvalue weighted by molar-refractivity contribution is 5.84. The van der Waals surface area contributed by atoms with Gasteiger partial charge in [-0.1, -0.05) is 26.8 Å². The van der Waals surface area contributed by atoms with Gasteiger partial charge in [0.25, 0.3) is 0 Å². The highest BCUT2D eigenvalue weighted by Gasteiger charge is 2.20. The highest BCUT2D eigenvalue weighted by Crippen LogP contribution is 2.31. The van der Waals surface area contributed by atoms with Crippen LogP contribution in [0.5, 0.6) is 5.75 Å². The van der Waals surface area contributed by atoms with Gasteiger partial charge in [0, 0.05) is 6.54 Å². The van der Waals surface area contributed by atoms with Crippen molar-refractivity contribution in [1.82, 2.24) is 9.55 Å². The van der Waals surface area contributed by atoms with Crippen molar-refractivity contribution in [2.24, 2.45) is 5.41 Å². The van der Waals surface area contributed by atoms with Crippen LogP contribution in [-0.4, -0.2) is 15.7 Å². The number of fused-ring (bicyclic) bond motifs is 1. The summed E-state index contributed by atoms with van der Waals surface area (Å²) < 4.78 is 7.91. The van der Waals surface area contributed by atoms with E-state index in [1.54, 1.807) is 0 Å². The van der Waals surface area contributed by atoms with E-state index in [4.69, 9.17) is 10.5 Å². The number of nitrogens with two attached hydrogens (primary N) is 1. The summed E-state index contributed by atoms with van der Waals surface area (Å²) in [6, 6.07) is 6.00. The minimum atomic E-state index is 0.124. The Morgan fingerprint density at radius 3 is 2.65 bits per heavy atom. The van der Waals surface area contributed by atoms with Gasteiger partial charge in [-0.25, -0.2) is 4.98 Å². The summed E-state index contributed by atoms with van der Waals surface area (Å²) in [5.74, 6) is 1.36. The predicted octanol–water partition coefficient (Wildman–Crippen LogP) is 3.84. The Kier molecular flexibility index (Phi) is 3.93. The van der Waals surface area contributed by atoms with E-state index >= 15 is 0 Å². The first-order chi connectivity index (χ1) is 9.34. The molecule has 0 saturated carbocycles. The molecular weight excluding hydrogens is 250 g/mol. The summed E-state index contributed by atoms with van der Waals surface area (Å²) in [5.41, 5.74) is 8.20. The van der Waals surface area contributed by atoms with E-state index in [2.05, 4.69) is 36.4 Å². The minimum absolute atomic E-state index is 0.124. The van der Waals surface area contributed by atoms with Crippen LogP contribution in [-0.2, 0) is 6.54 Å². The van der Waals surface area contributed by atoms with Crippen LogP contribution in [0.4, 0.5) is 5.95 Å². The molecule has 0 aliphatic rings. The molecule has 1 aromatic carbocycles. The van der Waals surface area contributed by atoms with E-state index in [0.29, 0.717) is 5.95 Å². The van der Waals surface area contributed by atoms with Crippen molar-refractivity contribution in [2.75, 3.05) is 5.73 Å². The van der Waals surface area contributed by atoms with Gasteiger partial charge in [0.1, 0.15) is 11.3 Å². The molecule has 1 aromatic heterocycles. The fraction of sp³-hybridized carbons (Fsp3) is 0.562. The fourth-order valence-corrected chi connectivity index (χ4v) is 2.19. The quantitative estimate of drug-likeness (QED) is 0.902. The van der Waals surface area contributed by atoms with Gasteiger partial charge in [-0.2, -0.15) is 0 Å². The van der Waals surface area contributed by atoms with E-state index < -0.39 is 0 Å². The number of ether oxygens (including phenoxy) is 1. The average molecular weight is 275 g/mol. The molecule has 110 valence electrons. The summed E-state index contributed by atoms with van der Waals surface area (Å²) >= 11 is 0. The monoisotopic (exact) mass is 275 g/mol. The Bertz CT molecular complexity index is 599. The van der Waals surface area contributed by atoms with Crippen LogP contribution < -0.4 is 10.5 Å². The average Bonchev–Trinajstić information content (AvgIpc) is 2.67. The van der Waals surface area contributed by atoms with E-state index in [9.17, 15) is 0 Å². The van der Waals surface area contributed by atoms with Gasteiger partial charge in [-0.05, 0) is 37.8 Å². The van der Waals surface area contributed by atoms with E-state index in [-0.39, 0.29) is 11.5 Å². The summed E-state index contributed by atoms with van der Waals surface area (Å²) in [7, 11) is 0. The molecular formula is C16H25N3O. The number of benzene rings is 1. The molecule has 0 aliphatic carbocycles. The van der Waals surface area contributed by atoms with Gasteiger partial charge in [0.05, 0.1) is 11.6 Å². The van der Waals surface area contributed by atoms with Gasteiger partial charge >= 0.3 is 0 Å². The van der Waals surface area contributed by atoms with Crippen LogP contribution in [0.25, 0.3) is 11.0 Å². The first-order valence-electron chi connectivity index (χ1n) is 7.25. The second kappa shape index (κ2) is 5.35. The molecule has 2 aromatic rings. The molecule has 0 aliphatic heterocycles. The van der Waals surface area contributed by atoms with Crippen molar-refractivity contribution in [3.8, 4) is 5.75 Å². The lowest BCUT2D eigenvalue weighted by Gasteiger charge is -2.24. The third-order valence-electron chi connectivity index (χ3n) is 3.68. The molecule has 4 heteroatoms. The molecule has 0 spiro atoms. The van der Waals surface area contributed by atoms with Crippen LogP contribution in [0.3, 0.4) is 0 Å². The zero-order chi connectivity index (χ0) is 14.9. The fourth-order valence-electron chi connectivity index (χ4n) is 2.19. The lowest BCUT2D eigenvalue weighted by molar-refractivity contribution is 0.245. The van der Waals surface area contributed by atoms with Crippen molar-refractivity contribution < 1.29 is 4.74 Å². The number of para-hydroxylation sites is 1. The molecule has 4 nitrogen and oxygen atoms in total. The van der Waals surface area contributed by atoms with Gasteiger partial charge in [0.2, 0.25) is 5.95 Å². The first kappa shape index (κ1) is 14.7. The standard InChI is InChI=1S/C16H25N3O/c1-6-16(4,5)10-19-12-8-7-9-13(20-11(2)3)14(12)18-15(19)17/h7-9,11H,6,10H2,1-5H3,(H2,17,18). The number of imidazole rings is 1. The Morgan fingerprint density at radius 1 is 1.35 bits per heavy atom. The van der Waals surface area contributed by atoms with Gasteiger partial charge in [0.15, 0.2) is 0 Å². The smallest absolute Gasteiger partial charge is 0.201 e. The summed E-state index contributed by atoms with van der Waals surface area (Å²) in [6.07, 6.45) is 1.22. The number of nitrogen functional groups attached to an aromatic ring is 1. The Balaban J connectivity index is 2.49. The van der Waals surface area contributed by atoms with Crippen molar-refractivity contribution in [3.05, 3.63) is 18.2 Å². The van der Waals surface area contributed by atoms with Crippen molar-refractivity contribution >= 4 is 17.0 Å². The maximum Gasteiger partial charge on any atom is 0.201 e. The minimum Gasteiger partial charge on any atom is -0.489 e. The van der Waals surface area contributed by atoms with Crippen molar-refractivity contribution in [2.45, 2.75) is 53.7 Å². The number of hydrogen-bond acceptors (Lipinski definition) is 3. The second-order valence-electron chi connectivity index (χ2n) is 6.36. The van der Waals surface area contributed by atoms with Gasteiger partial charge in [-0.3, -0.25) is 0 Å². The van der Waals surface area contributed by atoms with E-state index in [0.717, 1.165) is 29.7 Å². The molecule has 0 amide bonds. The van der Waals surface area contributed by atoms with Crippen LogP contribution in [0, 0.1) is 5.41 Å². The van der Waals surface area contributed by atoms with Gasteiger partial charge in [-0.15, -0.1) is 0 Å². The van der Waals surface area contributed by atoms with Crippen LogP contribution in [0.15, 0.2) is 18.2 Å². The maximum atomic E-state index is 6.11. The molecule has 0 atom stereocenters. The third-order valence-corrected chi connectivity index (χ3v) is 3.68. The summed E-state index contributed by atoms with van der Waals surface area (Å²) in [5, 5.41) is 0. The van der Waals surface area contributed by atoms with Gasteiger partial charge < -0.3 is 15.0 Å². The number of hydrogen-bond donors (Lipinski definition) is 1. The molecule has 0 bridgehead atoms. The lowest BCUT2D eigenvalue weighted by atomic mass is 9.90. The van der Waals surface area contributed by atoms with Crippen LogP contribution in [0.1, 0.15) is 41.0 Å². The van der Waals surface area contributed by atoms with Crippen molar-refractivity contribution in [3.63, 3.8) is 0 Å². The second-order valence-corrected chi connectivity index (χ2v) is 6.36. The molecule has 0 fully saturated rings. The zero-order valence-electron chi connectivity index (χ0n) is 13.1. The molecule has 20 heavy (non-hydrogen) atoms. The van der Waals surface area contributed by atoms with Crippen LogP contribution in [0.2, 0.25) is 0 Å². The predicted molar refractivity (Wildman–Crippen MR) is 84.0 cm³/mol. The zero-order valence-corrected chi connectivity index (χ0v) is 13.1. The maximum absolute atomic E-state index is 6.11. The molecule has 2 rings (SSSR count). The number of rotatable bonds is 5. The van der Waals surface area contributed by atoms with Crippen molar-refractivity contribution in [1.29, 1.82) is 0 Å². The Hall–Kier alpha value is -1.71. The first-order valence-corrected chi connectivity index (χ1v) is 7.25. The summed E-state index contributed by atoms with van der Waals surface area (Å²) in [6.45, 7) is 11.6. The molecule has 1 heterocycles. The molecule has 0 unspecified atom stereocenters. The Labute approximate surface area is 120 Å². The molecule has 0 radical (unpaired) electrons. The SMILES string of the molecule is CCC(C)(C)Cn1c(N)nc2c(OC(C)C)cccc21. The topological polar surface area (TPSA) is 53.1 Å². The highest BCUT2D eigenvalue weighted by atomic mass is 16.5. The number of nitrogens with zero attached hydrogens (tertiary/aromatic N) is 2. The molecule has 0 saturated heterocycles. The summed E-state index contributed by atoms with van der Waals surface area (Å²) in [4.78, 5) is 4.50. The lowest BCUT2D eigenvalue weighted by Crippen LogP contribution is -2.19. The largest absolute Gasteiger partial charge is 0.489 e.